The van der Waals surface area contributed by atoms with Crippen molar-refractivity contribution < 1.29 is 13.2 Å². The Morgan fingerprint density at radius 2 is 2.03 bits per heavy atom. The molecule has 1 N–H and O–H groups in total. The zero-order chi connectivity index (χ0) is 20.6. The number of anilines is 1. The van der Waals surface area contributed by atoms with Crippen LogP contribution in [0.4, 0.5) is 5.82 Å². The number of fused-ring (bicyclic) bond motifs is 1. The Balaban J connectivity index is 1.81. The standard InChI is InChI=1S/C21H26N4O3S/c1-4-16-12-28-8-7-25(16)21-11-15(13-29(3,26)27)10-20(24-21)18-6-5-17-19(23-18)9-14(2)22-17/h5-6,9-11,16,22H,4,7-8,12-13H2,1-3H3. The largest absolute Gasteiger partial charge is 0.377 e. The number of aryl methyl sites for hydroxylation is 1. The smallest absolute Gasteiger partial charge is 0.151 e. The highest BCUT2D eigenvalue weighted by Gasteiger charge is 2.24. The quantitative estimate of drug-likeness (QED) is 0.690. The number of morpholine rings is 1. The first kappa shape index (κ1) is 19.8. The van der Waals surface area contributed by atoms with E-state index in [1.807, 2.05) is 37.3 Å². The second-order valence-electron chi connectivity index (χ2n) is 7.70. The molecule has 29 heavy (non-hydrogen) atoms. The first-order valence-electron chi connectivity index (χ1n) is 9.82. The summed E-state index contributed by atoms with van der Waals surface area (Å²) >= 11 is 0. The summed E-state index contributed by atoms with van der Waals surface area (Å²) in [6.45, 7) is 6.13. The third-order valence-electron chi connectivity index (χ3n) is 5.17. The van der Waals surface area contributed by atoms with Gasteiger partial charge < -0.3 is 14.6 Å². The van der Waals surface area contributed by atoms with E-state index in [9.17, 15) is 8.42 Å². The molecule has 7 nitrogen and oxygen atoms in total. The van der Waals surface area contributed by atoms with Crippen LogP contribution in [0.2, 0.25) is 0 Å². The fraction of sp³-hybridized carbons (Fsp3) is 0.429. The number of nitrogens with zero attached hydrogens (tertiary/aromatic N) is 3. The van der Waals surface area contributed by atoms with Crippen molar-refractivity contribution in [2.45, 2.75) is 32.1 Å². The lowest BCUT2D eigenvalue weighted by atomic mass is 10.1. The van der Waals surface area contributed by atoms with Gasteiger partial charge in [0.25, 0.3) is 0 Å². The lowest BCUT2D eigenvalue weighted by molar-refractivity contribution is 0.0926. The molecule has 1 unspecified atom stereocenters. The third-order valence-corrected chi connectivity index (χ3v) is 6.02. The van der Waals surface area contributed by atoms with E-state index in [-0.39, 0.29) is 11.8 Å². The molecule has 0 saturated carbocycles. The number of pyridine rings is 2. The molecule has 0 bridgehead atoms. The van der Waals surface area contributed by atoms with Crippen molar-refractivity contribution in [3.8, 4) is 11.4 Å². The molecule has 0 spiro atoms. The van der Waals surface area contributed by atoms with Crippen LogP contribution in [-0.2, 0) is 20.3 Å². The Morgan fingerprint density at radius 1 is 1.21 bits per heavy atom. The van der Waals surface area contributed by atoms with Crippen molar-refractivity contribution in [1.82, 2.24) is 15.0 Å². The summed E-state index contributed by atoms with van der Waals surface area (Å²) in [5.41, 5.74) is 5.02. The number of rotatable bonds is 5. The minimum Gasteiger partial charge on any atom is -0.377 e. The van der Waals surface area contributed by atoms with Crippen LogP contribution in [0.1, 0.15) is 24.6 Å². The van der Waals surface area contributed by atoms with E-state index in [2.05, 4.69) is 16.8 Å². The number of aromatic amines is 1. The van der Waals surface area contributed by atoms with Crippen molar-refractivity contribution in [2.75, 3.05) is 30.9 Å². The number of H-pyrrole nitrogens is 1. The maximum absolute atomic E-state index is 12.0. The predicted molar refractivity (Wildman–Crippen MR) is 115 cm³/mol. The Morgan fingerprint density at radius 3 is 2.79 bits per heavy atom. The normalized spacial score (nSPS) is 17.8. The third kappa shape index (κ3) is 4.43. The number of hydrogen-bond donors (Lipinski definition) is 1. The molecular formula is C21H26N4O3S. The molecule has 1 aliphatic rings. The second-order valence-corrected chi connectivity index (χ2v) is 9.84. The molecule has 8 heteroatoms. The van der Waals surface area contributed by atoms with Crippen molar-refractivity contribution in [1.29, 1.82) is 0 Å². The molecule has 0 aliphatic carbocycles. The monoisotopic (exact) mass is 414 g/mol. The van der Waals surface area contributed by atoms with E-state index in [0.717, 1.165) is 46.8 Å². The topological polar surface area (TPSA) is 88.2 Å². The molecule has 3 aromatic rings. The maximum atomic E-state index is 12.0. The zero-order valence-corrected chi connectivity index (χ0v) is 17.8. The summed E-state index contributed by atoms with van der Waals surface area (Å²) in [6.07, 6.45) is 2.18. The molecule has 154 valence electrons. The van der Waals surface area contributed by atoms with Crippen LogP contribution < -0.4 is 4.90 Å². The average molecular weight is 415 g/mol. The van der Waals surface area contributed by atoms with E-state index in [0.29, 0.717) is 18.9 Å². The van der Waals surface area contributed by atoms with Gasteiger partial charge in [-0.05, 0) is 49.2 Å². The highest BCUT2D eigenvalue weighted by Crippen LogP contribution is 2.27. The van der Waals surface area contributed by atoms with Gasteiger partial charge in [-0.2, -0.15) is 0 Å². The van der Waals surface area contributed by atoms with E-state index >= 15 is 0 Å². The van der Waals surface area contributed by atoms with Crippen LogP contribution in [-0.4, -0.2) is 55.4 Å². The zero-order valence-electron chi connectivity index (χ0n) is 17.0. The molecule has 1 atom stereocenters. The summed E-state index contributed by atoms with van der Waals surface area (Å²) in [5, 5.41) is 0. The molecule has 1 fully saturated rings. The van der Waals surface area contributed by atoms with Crippen LogP contribution >= 0.6 is 0 Å². The number of sulfone groups is 1. The highest BCUT2D eigenvalue weighted by molar-refractivity contribution is 7.89. The van der Waals surface area contributed by atoms with Crippen molar-refractivity contribution >= 4 is 26.7 Å². The molecular weight excluding hydrogens is 388 g/mol. The van der Waals surface area contributed by atoms with Crippen molar-refractivity contribution in [3.05, 3.63) is 41.6 Å². The minimum absolute atomic E-state index is 0.0256. The minimum atomic E-state index is -3.17. The fourth-order valence-electron chi connectivity index (χ4n) is 3.82. The molecule has 3 aromatic heterocycles. The van der Waals surface area contributed by atoms with Crippen LogP contribution in [0.5, 0.6) is 0 Å². The van der Waals surface area contributed by atoms with E-state index < -0.39 is 9.84 Å². The van der Waals surface area contributed by atoms with Gasteiger partial charge in [-0.1, -0.05) is 6.92 Å². The molecule has 0 aromatic carbocycles. The van der Waals surface area contributed by atoms with Crippen molar-refractivity contribution in [3.63, 3.8) is 0 Å². The summed E-state index contributed by atoms with van der Waals surface area (Å²) in [6, 6.07) is 9.84. The molecule has 4 rings (SSSR count). The Bertz CT molecular complexity index is 1140. The van der Waals surface area contributed by atoms with E-state index in [4.69, 9.17) is 14.7 Å². The summed E-state index contributed by atoms with van der Waals surface area (Å²) in [4.78, 5) is 15.1. The molecule has 0 radical (unpaired) electrons. The Hall–Kier alpha value is -2.45. The first-order valence-corrected chi connectivity index (χ1v) is 11.9. The van der Waals surface area contributed by atoms with Crippen LogP contribution in [0.15, 0.2) is 30.3 Å². The summed E-state index contributed by atoms with van der Waals surface area (Å²) in [5.74, 6) is 0.755. The molecule has 1 aliphatic heterocycles. The van der Waals surface area contributed by atoms with E-state index in [1.165, 1.54) is 6.26 Å². The van der Waals surface area contributed by atoms with Gasteiger partial charge in [-0.15, -0.1) is 0 Å². The number of hydrogen-bond acceptors (Lipinski definition) is 6. The lowest BCUT2D eigenvalue weighted by Crippen LogP contribution is -2.45. The van der Waals surface area contributed by atoms with Crippen LogP contribution in [0.25, 0.3) is 22.4 Å². The lowest BCUT2D eigenvalue weighted by Gasteiger charge is -2.36. The van der Waals surface area contributed by atoms with Crippen LogP contribution in [0.3, 0.4) is 0 Å². The van der Waals surface area contributed by atoms with E-state index in [1.54, 1.807) is 0 Å². The van der Waals surface area contributed by atoms with Gasteiger partial charge in [0.1, 0.15) is 5.82 Å². The van der Waals surface area contributed by atoms with Crippen molar-refractivity contribution in [2.24, 2.45) is 0 Å². The summed E-state index contributed by atoms with van der Waals surface area (Å²) in [7, 11) is -3.17. The van der Waals surface area contributed by atoms with Gasteiger partial charge in [0.2, 0.25) is 0 Å². The maximum Gasteiger partial charge on any atom is 0.151 e. The van der Waals surface area contributed by atoms with Gasteiger partial charge in [-0.25, -0.2) is 18.4 Å². The SMILES string of the molecule is CCC1COCCN1c1cc(CS(C)(=O)=O)cc(-c2ccc3[nH]c(C)cc3n2)n1. The number of ether oxygens (including phenoxy) is 1. The Kier molecular flexibility index (Phi) is 5.31. The van der Waals surface area contributed by atoms with Gasteiger partial charge in [-0.3, -0.25) is 0 Å². The molecule has 1 saturated heterocycles. The molecule has 4 heterocycles. The number of nitrogens with one attached hydrogen (secondary N) is 1. The Labute approximate surface area is 171 Å². The average Bonchev–Trinajstić information content (AvgIpc) is 3.05. The summed E-state index contributed by atoms with van der Waals surface area (Å²) < 4.78 is 29.5. The van der Waals surface area contributed by atoms with Gasteiger partial charge in [0.15, 0.2) is 9.84 Å². The van der Waals surface area contributed by atoms with Gasteiger partial charge in [0.05, 0.1) is 47.4 Å². The van der Waals surface area contributed by atoms with Crippen LogP contribution in [0, 0.1) is 6.92 Å². The highest BCUT2D eigenvalue weighted by atomic mass is 32.2. The second kappa shape index (κ2) is 7.76. The number of aromatic nitrogens is 3. The predicted octanol–water partition coefficient (Wildman–Crippen LogP) is 3.09. The molecule has 0 amide bonds. The fourth-order valence-corrected chi connectivity index (χ4v) is 4.59. The first-order chi connectivity index (χ1) is 13.8. The van der Waals surface area contributed by atoms with Gasteiger partial charge >= 0.3 is 0 Å². The van der Waals surface area contributed by atoms with Gasteiger partial charge in [0, 0.05) is 18.5 Å².